The summed E-state index contributed by atoms with van der Waals surface area (Å²) >= 11 is 0. The predicted octanol–water partition coefficient (Wildman–Crippen LogP) is 1.22. The van der Waals surface area contributed by atoms with Crippen molar-refractivity contribution in [2.45, 2.75) is 19.4 Å². The molecule has 4 heteroatoms. The topological polar surface area (TPSA) is 39.6 Å². The number of rotatable bonds is 5. The van der Waals surface area contributed by atoms with Crippen LogP contribution in [0.15, 0.2) is 24.5 Å². The average Bonchev–Trinajstić information content (AvgIpc) is 3.10. The molecular weight excluding hydrogens is 250 g/mol. The van der Waals surface area contributed by atoms with Crippen LogP contribution in [0.1, 0.15) is 18.4 Å². The molecule has 1 aromatic rings. The zero-order chi connectivity index (χ0) is 13.8. The average molecular weight is 275 g/mol. The van der Waals surface area contributed by atoms with Gasteiger partial charge >= 0.3 is 0 Å². The molecule has 2 atom stereocenters. The van der Waals surface area contributed by atoms with Gasteiger partial charge in [0.15, 0.2) is 0 Å². The summed E-state index contributed by atoms with van der Waals surface area (Å²) < 4.78 is 0. The zero-order valence-electron chi connectivity index (χ0n) is 12.1. The summed E-state index contributed by atoms with van der Waals surface area (Å²) in [4.78, 5) is 9.13. The summed E-state index contributed by atoms with van der Waals surface area (Å²) in [5.74, 6) is 1.07. The number of pyridine rings is 1. The van der Waals surface area contributed by atoms with Gasteiger partial charge in [-0.1, -0.05) is 0 Å². The fraction of sp³-hybridized carbons (Fsp3) is 0.688. The Balaban J connectivity index is 1.56. The Bertz CT molecular complexity index is 405. The second-order valence-electron chi connectivity index (χ2n) is 6.26. The third-order valence-electron chi connectivity index (χ3n) is 4.73. The molecule has 0 saturated carbocycles. The van der Waals surface area contributed by atoms with E-state index in [0.29, 0.717) is 18.4 Å². The maximum atomic E-state index is 9.64. The van der Waals surface area contributed by atoms with Gasteiger partial charge in [0.25, 0.3) is 0 Å². The van der Waals surface area contributed by atoms with Crippen LogP contribution in [0.2, 0.25) is 0 Å². The molecule has 4 nitrogen and oxygen atoms in total. The fourth-order valence-electron chi connectivity index (χ4n) is 3.62. The second kappa shape index (κ2) is 6.66. The van der Waals surface area contributed by atoms with Crippen molar-refractivity contribution in [3.8, 4) is 0 Å². The van der Waals surface area contributed by atoms with Gasteiger partial charge in [-0.15, -0.1) is 0 Å². The van der Waals surface area contributed by atoms with Gasteiger partial charge in [0.2, 0.25) is 0 Å². The van der Waals surface area contributed by atoms with Crippen LogP contribution in [0.5, 0.6) is 0 Å². The molecule has 2 fully saturated rings. The van der Waals surface area contributed by atoms with Crippen molar-refractivity contribution in [2.24, 2.45) is 11.8 Å². The smallest absolute Gasteiger partial charge is 0.0475 e. The monoisotopic (exact) mass is 275 g/mol. The molecule has 2 aliphatic heterocycles. The molecule has 3 rings (SSSR count). The highest BCUT2D eigenvalue weighted by Crippen LogP contribution is 2.26. The summed E-state index contributed by atoms with van der Waals surface area (Å²) in [7, 11) is 0. The van der Waals surface area contributed by atoms with Gasteiger partial charge in [-0.25, -0.2) is 0 Å². The van der Waals surface area contributed by atoms with Gasteiger partial charge in [0, 0.05) is 45.2 Å². The SMILES string of the molecule is OC[C@H]1CN(Cc2ccncc2)C[C@H]1CN1CCCC1. The van der Waals surface area contributed by atoms with E-state index < -0.39 is 0 Å². The first-order valence-electron chi connectivity index (χ1n) is 7.79. The number of aliphatic hydroxyl groups is 1. The first kappa shape index (κ1) is 14.0. The molecule has 2 saturated heterocycles. The molecule has 110 valence electrons. The van der Waals surface area contributed by atoms with E-state index in [1.807, 2.05) is 12.4 Å². The Labute approximate surface area is 121 Å². The third kappa shape index (κ3) is 3.37. The molecule has 0 aliphatic carbocycles. The lowest BCUT2D eigenvalue weighted by atomic mass is 9.96. The lowest BCUT2D eigenvalue weighted by Crippen LogP contribution is -2.31. The highest BCUT2D eigenvalue weighted by atomic mass is 16.3. The number of hydrogen-bond donors (Lipinski definition) is 1. The normalized spacial score (nSPS) is 28.2. The summed E-state index contributed by atoms with van der Waals surface area (Å²) in [5.41, 5.74) is 1.32. The molecule has 0 amide bonds. The standard InChI is InChI=1S/C16H25N3O/c20-13-16-12-19(9-14-3-5-17-6-4-14)11-15(16)10-18-7-1-2-8-18/h3-6,15-16,20H,1-2,7-13H2/t15-,16-/m1/s1. The highest BCUT2D eigenvalue weighted by Gasteiger charge is 2.33. The van der Waals surface area contributed by atoms with E-state index in [-0.39, 0.29) is 0 Å². The van der Waals surface area contributed by atoms with Gasteiger partial charge in [-0.05, 0) is 55.5 Å². The Kier molecular flexibility index (Phi) is 4.65. The predicted molar refractivity (Wildman–Crippen MR) is 79.3 cm³/mol. The molecular formula is C16H25N3O. The largest absolute Gasteiger partial charge is 0.396 e. The lowest BCUT2D eigenvalue weighted by molar-refractivity contribution is 0.175. The minimum absolute atomic E-state index is 0.325. The fourth-order valence-corrected chi connectivity index (χ4v) is 3.62. The van der Waals surface area contributed by atoms with Crippen molar-refractivity contribution >= 4 is 0 Å². The van der Waals surface area contributed by atoms with Crippen LogP contribution in [0.4, 0.5) is 0 Å². The van der Waals surface area contributed by atoms with Crippen molar-refractivity contribution < 1.29 is 5.11 Å². The zero-order valence-corrected chi connectivity index (χ0v) is 12.1. The maximum absolute atomic E-state index is 9.64. The van der Waals surface area contributed by atoms with Crippen LogP contribution in [0.25, 0.3) is 0 Å². The molecule has 0 radical (unpaired) electrons. The van der Waals surface area contributed by atoms with Crippen molar-refractivity contribution in [3.63, 3.8) is 0 Å². The first-order chi connectivity index (χ1) is 9.85. The summed E-state index contributed by atoms with van der Waals surface area (Å²) in [5, 5.41) is 9.64. The van der Waals surface area contributed by atoms with Gasteiger partial charge in [0.05, 0.1) is 0 Å². The van der Waals surface area contributed by atoms with Crippen molar-refractivity contribution in [2.75, 3.05) is 39.3 Å². The Morgan fingerprint density at radius 2 is 1.75 bits per heavy atom. The quantitative estimate of drug-likeness (QED) is 0.877. The number of aliphatic hydroxyl groups excluding tert-OH is 1. The van der Waals surface area contributed by atoms with Crippen LogP contribution < -0.4 is 0 Å². The summed E-state index contributed by atoms with van der Waals surface area (Å²) in [6, 6.07) is 4.17. The summed E-state index contributed by atoms with van der Waals surface area (Å²) in [6.07, 6.45) is 6.40. The molecule has 1 N–H and O–H groups in total. The van der Waals surface area contributed by atoms with E-state index in [2.05, 4.69) is 26.9 Å². The van der Waals surface area contributed by atoms with Crippen molar-refractivity contribution in [1.82, 2.24) is 14.8 Å². The minimum atomic E-state index is 0.325. The van der Waals surface area contributed by atoms with Gasteiger partial charge in [-0.2, -0.15) is 0 Å². The Hall–Kier alpha value is -0.970. The van der Waals surface area contributed by atoms with Crippen molar-refractivity contribution in [1.29, 1.82) is 0 Å². The van der Waals surface area contributed by atoms with Gasteiger partial charge < -0.3 is 10.0 Å². The molecule has 0 spiro atoms. The third-order valence-corrected chi connectivity index (χ3v) is 4.73. The van der Waals surface area contributed by atoms with E-state index in [0.717, 1.165) is 26.2 Å². The van der Waals surface area contributed by atoms with Crippen LogP contribution in [0.3, 0.4) is 0 Å². The van der Waals surface area contributed by atoms with E-state index in [1.165, 1.54) is 31.5 Å². The van der Waals surface area contributed by atoms with Crippen LogP contribution in [0, 0.1) is 11.8 Å². The number of likely N-dealkylation sites (tertiary alicyclic amines) is 2. The van der Waals surface area contributed by atoms with Crippen LogP contribution in [-0.2, 0) is 6.54 Å². The lowest BCUT2D eigenvalue weighted by Gasteiger charge is -2.23. The Morgan fingerprint density at radius 1 is 1.05 bits per heavy atom. The molecule has 20 heavy (non-hydrogen) atoms. The Morgan fingerprint density at radius 3 is 2.45 bits per heavy atom. The second-order valence-corrected chi connectivity index (χ2v) is 6.26. The van der Waals surface area contributed by atoms with Gasteiger partial charge in [0.1, 0.15) is 0 Å². The van der Waals surface area contributed by atoms with Crippen LogP contribution >= 0.6 is 0 Å². The maximum Gasteiger partial charge on any atom is 0.0475 e. The van der Waals surface area contributed by atoms with E-state index in [4.69, 9.17) is 0 Å². The molecule has 0 unspecified atom stereocenters. The van der Waals surface area contributed by atoms with Crippen molar-refractivity contribution in [3.05, 3.63) is 30.1 Å². The summed E-state index contributed by atoms with van der Waals surface area (Å²) in [6.45, 7) is 7.11. The molecule has 3 heterocycles. The van der Waals surface area contributed by atoms with Crippen LogP contribution in [-0.4, -0.2) is 59.2 Å². The van der Waals surface area contributed by atoms with E-state index in [9.17, 15) is 5.11 Å². The first-order valence-corrected chi connectivity index (χ1v) is 7.79. The molecule has 1 aromatic heterocycles. The molecule has 2 aliphatic rings. The van der Waals surface area contributed by atoms with Gasteiger partial charge in [-0.3, -0.25) is 9.88 Å². The number of hydrogen-bond acceptors (Lipinski definition) is 4. The van der Waals surface area contributed by atoms with E-state index >= 15 is 0 Å². The number of aromatic nitrogens is 1. The number of nitrogens with zero attached hydrogens (tertiary/aromatic N) is 3. The minimum Gasteiger partial charge on any atom is -0.396 e. The highest BCUT2D eigenvalue weighted by molar-refractivity contribution is 5.10. The molecule has 0 aromatic carbocycles. The van der Waals surface area contributed by atoms with E-state index in [1.54, 1.807) is 0 Å². The molecule has 0 bridgehead atoms.